The fourth-order valence-electron chi connectivity index (χ4n) is 4.81. The summed E-state index contributed by atoms with van der Waals surface area (Å²) in [6, 6.07) is 6.65. The van der Waals surface area contributed by atoms with E-state index in [1.54, 1.807) is 16.7 Å². The van der Waals surface area contributed by atoms with Gasteiger partial charge in [0.25, 0.3) is 5.91 Å². The maximum absolute atomic E-state index is 14.7. The van der Waals surface area contributed by atoms with Gasteiger partial charge in [-0.3, -0.25) is 4.79 Å². The van der Waals surface area contributed by atoms with Crippen LogP contribution in [0.4, 0.5) is 10.1 Å². The molecule has 0 bridgehead atoms. The number of sulfone groups is 1. The van der Waals surface area contributed by atoms with E-state index in [2.05, 4.69) is 0 Å². The minimum absolute atomic E-state index is 0.0361. The number of piperazine rings is 1. The smallest absolute Gasteiger partial charge is 0.258 e. The van der Waals surface area contributed by atoms with E-state index in [1.807, 2.05) is 0 Å². The topological polar surface area (TPSA) is 127 Å². The second kappa shape index (κ2) is 9.98. The molecule has 1 aliphatic carbocycles. The molecule has 1 heterocycles. The Morgan fingerprint density at radius 2 is 1.67 bits per heavy atom. The average molecular weight is 540 g/mol. The summed E-state index contributed by atoms with van der Waals surface area (Å²) >= 11 is 0. The van der Waals surface area contributed by atoms with Gasteiger partial charge in [-0.2, -0.15) is 0 Å². The van der Waals surface area contributed by atoms with Crippen LogP contribution in [0.25, 0.3) is 0 Å². The molecule has 0 atom stereocenters. The van der Waals surface area contributed by atoms with Crippen molar-refractivity contribution in [2.75, 3.05) is 37.3 Å². The van der Waals surface area contributed by atoms with E-state index >= 15 is 0 Å². The largest absolute Gasteiger partial charge is 0.490 e. The normalized spacial score (nSPS) is 17.4. The van der Waals surface area contributed by atoms with E-state index < -0.39 is 25.7 Å². The quantitative estimate of drug-likeness (QED) is 0.597. The van der Waals surface area contributed by atoms with Gasteiger partial charge >= 0.3 is 0 Å². The summed E-state index contributed by atoms with van der Waals surface area (Å²) in [4.78, 5) is 16.7. The Morgan fingerprint density at radius 3 is 2.22 bits per heavy atom. The standard InChI is InChI=1S/C24H30FN3O6S2/c1-16-22(36(26,32)33)10-9-21(34-17-5-3-4-6-17)23(16)24(29)28-13-11-27(12-14-28)20-8-7-18(15-19(20)25)35(2,30)31/h7-10,15,17H,3-6,11-14H2,1-2H3,(H2,26,32,33). The van der Waals surface area contributed by atoms with E-state index in [-0.39, 0.29) is 51.7 Å². The maximum atomic E-state index is 14.7. The average Bonchev–Trinajstić information content (AvgIpc) is 3.31. The lowest BCUT2D eigenvalue weighted by Gasteiger charge is -2.36. The van der Waals surface area contributed by atoms with Gasteiger partial charge in [0, 0.05) is 32.4 Å². The Bertz CT molecular complexity index is 1380. The third kappa shape index (κ3) is 5.50. The Morgan fingerprint density at radius 1 is 1.03 bits per heavy atom. The highest BCUT2D eigenvalue weighted by Gasteiger charge is 2.30. The number of carbonyl (C=O) groups excluding carboxylic acids is 1. The van der Waals surface area contributed by atoms with Crippen LogP contribution in [-0.4, -0.2) is 66.2 Å². The van der Waals surface area contributed by atoms with Crippen LogP contribution >= 0.6 is 0 Å². The predicted molar refractivity (Wildman–Crippen MR) is 133 cm³/mol. The molecular formula is C24H30FN3O6S2. The van der Waals surface area contributed by atoms with Crippen molar-refractivity contribution in [2.45, 2.75) is 48.5 Å². The number of halogens is 1. The first-order chi connectivity index (χ1) is 16.9. The van der Waals surface area contributed by atoms with Crippen molar-refractivity contribution in [3.8, 4) is 5.75 Å². The zero-order chi connectivity index (χ0) is 26.3. The highest BCUT2D eigenvalue weighted by molar-refractivity contribution is 7.90. The molecule has 2 N–H and O–H groups in total. The van der Waals surface area contributed by atoms with E-state index in [1.165, 1.54) is 24.3 Å². The fourth-order valence-corrected chi connectivity index (χ4v) is 6.23. The van der Waals surface area contributed by atoms with E-state index in [0.717, 1.165) is 38.0 Å². The monoisotopic (exact) mass is 539 g/mol. The lowest BCUT2D eigenvalue weighted by Crippen LogP contribution is -2.49. The second-order valence-corrected chi connectivity index (χ2v) is 12.8. The van der Waals surface area contributed by atoms with Gasteiger partial charge in [-0.1, -0.05) is 0 Å². The summed E-state index contributed by atoms with van der Waals surface area (Å²) in [7, 11) is -7.58. The van der Waals surface area contributed by atoms with Gasteiger partial charge < -0.3 is 14.5 Å². The highest BCUT2D eigenvalue weighted by Crippen LogP contribution is 2.33. The van der Waals surface area contributed by atoms with Gasteiger partial charge in [-0.25, -0.2) is 26.4 Å². The second-order valence-electron chi connectivity index (χ2n) is 9.30. The molecule has 1 saturated heterocycles. The summed E-state index contributed by atoms with van der Waals surface area (Å²) in [5.41, 5.74) is 0.667. The van der Waals surface area contributed by atoms with Crippen molar-refractivity contribution in [1.29, 1.82) is 0 Å². The molecule has 0 aromatic heterocycles. The molecule has 0 spiro atoms. The van der Waals surface area contributed by atoms with Crippen LogP contribution in [0.1, 0.15) is 41.6 Å². The number of carbonyl (C=O) groups is 1. The number of sulfonamides is 1. The van der Waals surface area contributed by atoms with Crippen molar-refractivity contribution in [3.05, 3.63) is 47.3 Å². The third-order valence-corrected chi connectivity index (χ3v) is 8.91. The molecule has 2 aliphatic rings. The predicted octanol–water partition coefficient (Wildman–Crippen LogP) is 2.47. The zero-order valence-electron chi connectivity index (χ0n) is 20.2. The number of benzene rings is 2. The first kappa shape index (κ1) is 26.4. The van der Waals surface area contributed by atoms with Crippen LogP contribution in [0.15, 0.2) is 40.1 Å². The van der Waals surface area contributed by atoms with E-state index in [9.17, 15) is 26.0 Å². The van der Waals surface area contributed by atoms with E-state index in [0.29, 0.717) is 18.8 Å². The molecular weight excluding hydrogens is 509 g/mol. The van der Waals surface area contributed by atoms with Gasteiger partial charge in [-0.05, 0) is 68.5 Å². The lowest BCUT2D eigenvalue weighted by molar-refractivity contribution is 0.0738. The molecule has 4 rings (SSSR count). The number of anilines is 1. The number of nitrogens with zero attached hydrogens (tertiary/aromatic N) is 2. The molecule has 1 aliphatic heterocycles. The minimum atomic E-state index is -4.05. The highest BCUT2D eigenvalue weighted by atomic mass is 32.2. The Balaban J connectivity index is 1.57. The molecule has 0 unspecified atom stereocenters. The van der Waals surface area contributed by atoms with Crippen LogP contribution in [0.5, 0.6) is 5.75 Å². The number of hydrogen-bond donors (Lipinski definition) is 1. The van der Waals surface area contributed by atoms with Gasteiger partial charge in [0.1, 0.15) is 11.6 Å². The molecule has 9 nitrogen and oxygen atoms in total. The minimum Gasteiger partial charge on any atom is -0.490 e. The number of amides is 1. The fraction of sp³-hybridized carbons (Fsp3) is 0.458. The van der Waals surface area contributed by atoms with Crippen LogP contribution in [-0.2, 0) is 19.9 Å². The van der Waals surface area contributed by atoms with Gasteiger partial charge in [0.05, 0.1) is 27.1 Å². The van der Waals surface area contributed by atoms with Crippen molar-refractivity contribution < 1.29 is 30.8 Å². The van der Waals surface area contributed by atoms with Gasteiger partial charge in [0.2, 0.25) is 10.0 Å². The third-order valence-electron chi connectivity index (χ3n) is 6.75. The van der Waals surface area contributed by atoms with E-state index in [4.69, 9.17) is 9.88 Å². The summed E-state index contributed by atoms with van der Waals surface area (Å²) in [5, 5.41) is 5.38. The molecule has 12 heteroatoms. The molecule has 2 fully saturated rings. The SMILES string of the molecule is Cc1c(S(N)(=O)=O)ccc(OC2CCCC2)c1C(=O)N1CCN(c2ccc(S(C)(=O)=O)cc2F)CC1. The first-order valence-corrected chi connectivity index (χ1v) is 15.2. The van der Waals surface area contributed by atoms with Crippen LogP contribution in [0, 0.1) is 12.7 Å². The molecule has 36 heavy (non-hydrogen) atoms. The molecule has 2 aromatic rings. The molecule has 196 valence electrons. The number of primary sulfonamides is 1. The summed E-state index contributed by atoms with van der Waals surface area (Å²) in [5.74, 6) is -0.693. The Kier molecular flexibility index (Phi) is 7.31. The molecule has 2 aromatic carbocycles. The summed E-state index contributed by atoms with van der Waals surface area (Å²) in [6.45, 7) is 2.69. The number of hydrogen-bond acceptors (Lipinski definition) is 7. The summed E-state index contributed by atoms with van der Waals surface area (Å²) in [6.07, 6.45) is 4.78. The Hall–Kier alpha value is -2.70. The lowest BCUT2D eigenvalue weighted by atomic mass is 10.0. The van der Waals surface area contributed by atoms with Crippen molar-refractivity contribution >= 4 is 31.5 Å². The van der Waals surface area contributed by atoms with Crippen LogP contribution < -0.4 is 14.8 Å². The Labute approximate surface area is 211 Å². The van der Waals surface area contributed by atoms with Gasteiger partial charge in [0.15, 0.2) is 9.84 Å². The van der Waals surface area contributed by atoms with Gasteiger partial charge in [-0.15, -0.1) is 0 Å². The number of nitrogens with two attached hydrogens (primary N) is 1. The number of rotatable bonds is 6. The molecule has 1 saturated carbocycles. The van der Waals surface area contributed by atoms with Crippen LogP contribution in [0.2, 0.25) is 0 Å². The number of ether oxygens (including phenoxy) is 1. The summed E-state index contributed by atoms with van der Waals surface area (Å²) < 4.78 is 68.4. The van der Waals surface area contributed by atoms with Crippen molar-refractivity contribution in [1.82, 2.24) is 4.90 Å². The molecule has 1 amide bonds. The molecule has 0 radical (unpaired) electrons. The van der Waals surface area contributed by atoms with Crippen molar-refractivity contribution in [3.63, 3.8) is 0 Å². The van der Waals surface area contributed by atoms with Crippen molar-refractivity contribution in [2.24, 2.45) is 5.14 Å². The van der Waals surface area contributed by atoms with Crippen LogP contribution in [0.3, 0.4) is 0 Å². The first-order valence-electron chi connectivity index (χ1n) is 11.7. The zero-order valence-corrected chi connectivity index (χ0v) is 21.9. The maximum Gasteiger partial charge on any atom is 0.258 e.